The second-order valence-corrected chi connectivity index (χ2v) is 5.39. The molecule has 3 heteroatoms. The lowest BCUT2D eigenvalue weighted by molar-refractivity contribution is 0.284. The molecule has 1 aromatic heterocycles. The van der Waals surface area contributed by atoms with Gasteiger partial charge >= 0.3 is 0 Å². The van der Waals surface area contributed by atoms with E-state index in [-0.39, 0.29) is 0 Å². The van der Waals surface area contributed by atoms with E-state index < -0.39 is 0 Å². The quantitative estimate of drug-likeness (QED) is 0.688. The van der Waals surface area contributed by atoms with E-state index in [2.05, 4.69) is 23.2 Å². The van der Waals surface area contributed by atoms with E-state index in [9.17, 15) is 0 Å². The van der Waals surface area contributed by atoms with Crippen LogP contribution in [0.4, 0.5) is 0 Å². The number of aromatic nitrogens is 1. The summed E-state index contributed by atoms with van der Waals surface area (Å²) in [4.78, 5) is 4.32. The highest BCUT2D eigenvalue weighted by molar-refractivity contribution is 5.62. The van der Waals surface area contributed by atoms with Crippen molar-refractivity contribution in [3.8, 4) is 22.6 Å². The monoisotopic (exact) mass is 305 g/mol. The van der Waals surface area contributed by atoms with Crippen LogP contribution < -0.4 is 9.47 Å². The Morgan fingerprint density at radius 1 is 0.870 bits per heavy atom. The van der Waals surface area contributed by atoms with Crippen LogP contribution in [0.3, 0.4) is 0 Å². The highest BCUT2D eigenvalue weighted by Crippen LogP contribution is 2.28. The van der Waals surface area contributed by atoms with Crippen molar-refractivity contribution in [2.45, 2.75) is 13.5 Å². The van der Waals surface area contributed by atoms with Crippen molar-refractivity contribution >= 4 is 0 Å². The summed E-state index contributed by atoms with van der Waals surface area (Å²) in [6.45, 7) is 2.48. The van der Waals surface area contributed by atoms with Crippen LogP contribution in [0.25, 0.3) is 11.1 Å². The number of nitrogens with zero attached hydrogens (tertiary/aromatic N) is 1. The van der Waals surface area contributed by atoms with Gasteiger partial charge in [0, 0.05) is 23.5 Å². The van der Waals surface area contributed by atoms with Crippen LogP contribution >= 0.6 is 0 Å². The molecule has 0 radical (unpaired) electrons. The normalized spacial score (nSPS) is 10.3. The standard InChI is InChI=1S/C20H19NO2/c1-15-8-9-19(20(10-15)22-2)23-14-16-11-18(13-21-12-16)17-6-4-3-5-7-17/h3-13H,14H2,1-2H3. The van der Waals surface area contributed by atoms with Crippen LogP contribution in [-0.2, 0) is 6.61 Å². The Labute approximate surface area is 136 Å². The molecule has 3 rings (SSSR count). The number of pyridine rings is 1. The van der Waals surface area contributed by atoms with E-state index in [0.29, 0.717) is 6.61 Å². The maximum atomic E-state index is 5.89. The molecule has 3 nitrogen and oxygen atoms in total. The van der Waals surface area contributed by atoms with Crippen molar-refractivity contribution in [3.63, 3.8) is 0 Å². The summed E-state index contributed by atoms with van der Waals surface area (Å²) in [6, 6.07) is 18.2. The van der Waals surface area contributed by atoms with Gasteiger partial charge in [0.1, 0.15) is 6.61 Å². The number of ether oxygens (including phenoxy) is 2. The van der Waals surface area contributed by atoms with E-state index in [0.717, 1.165) is 33.8 Å². The fourth-order valence-corrected chi connectivity index (χ4v) is 2.41. The van der Waals surface area contributed by atoms with Gasteiger partial charge in [-0.15, -0.1) is 0 Å². The minimum absolute atomic E-state index is 0.451. The first-order valence-corrected chi connectivity index (χ1v) is 7.53. The molecule has 0 amide bonds. The predicted molar refractivity (Wildman–Crippen MR) is 91.7 cm³/mol. The second-order valence-electron chi connectivity index (χ2n) is 5.39. The topological polar surface area (TPSA) is 31.4 Å². The Kier molecular flexibility index (Phi) is 4.57. The van der Waals surface area contributed by atoms with Crippen molar-refractivity contribution in [1.82, 2.24) is 4.98 Å². The molecule has 0 aliphatic carbocycles. The van der Waals surface area contributed by atoms with E-state index in [4.69, 9.17) is 9.47 Å². The van der Waals surface area contributed by atoms with Crippen LogP contribution in [-0.4, -0.2) is 12.1 Å². The van der Waals surface area contributed by atoms with Crippen LogP contribution in [0, 0.1) is 6.92 Å². The highest BCUT2D eigenvalue weighted by atomic mass is 16.5. The fourth-order valence-electron chi connectivity index (χ4n) is 2.41. The smallest absolute Gasteiger partial charge is 0.161 e. The van der Waals surface area contributed by atoms with E-state index >= 15 is 0 Å². The average Bonchev–Trinajstić information content (AvgIpc) is 2.61. The van der Waals surface area contributed by atoms with Gasteiger partial charge in [-0.2, -0.15) is 0 Å². The van der Waals surface area contributed by atoms with Gasteiger partial charge in [-0.25, -0.2) is 0 Å². The molecule has 23 heavy (non-hydrogen) atoms. The SMILES string of the molecule is COc1cc(C)ccc1OCc1cncc(-c2ccccc2)c1. The molecule has 0 saturated carbocycles. The van der Waals surface area contributed by atoms with Crippen molar-refractivity contribution in [2.75, 3.05) is 7.11 Å². The van der Waals surface area contributed by atoms with E-state index in [1.807, 2.05) is 55.7 Å². The van der Waals surface area contributed by atoms with Crippen LogP contribution in [0.1, 0.15) is 11.1 Å². The van der Waals surface area contributed by atoms with Gasteiger partial charge in [0.15, 0.2) is 11.5 Å². The lowest BCUT2D eigenvalue weighted by atomic mass is 10.1. The predicted octanol–water partition coefficient (Wildman–Crippen LogP) is 4.64. The maximum absolute atomic E-state index is 5.89. The molecule has 1 heterocycles. The summed E-state index contributed by atoms with van der Waals surface area (Å²) in [5.74, 6) is 1.49. The lowest BCUT2D eigenvalue weighted by Crippen LogP contribution is -1.99. The van der Waals surface area contributed by atoms with Crippen molar-refractivity contribution < 1.29 is 9.47 Å². The summed E-state index contributed by atoms with van der Waals surface area (Å²) < 4.78 is 11.3. The summed E-state index contributed by atoms with van der Waals surface area (Å²) in [7, 11) is 1.65. The molecule has 0 unspecified atom stereocenters. The van der Waals surface area contributed by atoms with Crippen molar-refractivity contribution in [3.05, 3.63) is 78.1 Å². The zero-order valence-corrected chi connectivity index (χ0v) is 13.3. The van der Waals surface area contributed by atoms with Crippen LogP contribution in [0.5, 0.6) is 11.5 Å². The molecule has 0 atom stereocenters. The zero-order valence-electron chi connectivity index (χ0n) is 13.3. The summed E-state index contributed by atoms with van der Waals surface area (Å²) >= 11 is 0. The van der Waals surface area contributed by atoms with Crippen molar-refractivity contribution in [2.24, 2.45) is 0 Å². The third-order valence-corrected chi connectivity index (χ3v) is 3.62. The Morgan fingerprint density at radius 3 is 2.48 bits per heavy atom. The molecule has 3 aromatic rings. The largest absolute Gasteiger partial charge is 0.493 e. The molecule has 0 aliphatic heterocycles. The van der Waals surface area contributed by atoms with E-state index in [1.165, 1.54) is 0 Å². The van der Waals surface area contributed by atoms with Gasteiger partial charge in [-0.1, -0.05) is 36.4 Å². The number of aryl methyl sites for hydroxylation is 1. The fraction of sp³-hybridized carbons (Fsp3) is 0.150. The van der Waals surface area contributed by atoms with Crippen molar-refractivity contribution in [1.29, 1.82) is 0 Å². The molecule has 0 fully saturated rings. The second kappa shape index (κ2) is 6.97. The molecule has 0 N–H and O–H groups in total. The Morgan fingerprint density at radius 2 is 1.70 bits per heavy atom. The minimum atomic E-state index is 0.451. The number of rotatable bonds is 5. The van der Waals surface area contributed by atoms with Gasteiger partial charge in [0.2, 0.25) is 0 Å². The number of benzene rings is 2. The number of hydrogen-bond acceptors (Lipinski definition) is 3. The first-order chi connectivity index (χ1) is 11.3. The molecule has 0 spiro atoms. The van der Waals surface area contributed by atoms with Gasteiger partial charge in [-0.05, 0) is 36.2 Å². The average molecular weight is 305 g/mol. The highest BCUT2D eigenvalue weighted by Gasteiger charge is 2.06. The summed E-state index contributed by atoms with van der Waals surface area (Å²) in [5.41, 5.74) is 4.40. The minimum Gasteiger partial charge on any atom is -0.493 e. The van der Waals surface area contributed by atoms with Crippen LogP contribution in [0.2, 0.25) is 0 Å². The summed E-state index contributed by atoms with van der Waals surface area (Å²) in [5, 5.41) is 0. The summed E-state index contributed by atoms with van der Waals surface area (Å²) in [6.07, 6.45) is 3.69. The van der Waals surface area contributed by atoms with Gasteiger partial charge in [0.25, 0.3) is 0 Å². The number of methoxy groups -OCH3 is 1. The zero-order chi connectivity index (χ0) is 16.1. The van der Waals surface area contributed by atoms with E-state index in [1.54, 1.807) is 7.11 Å². The Bertz CT molecular complexity index is 785. The third-order valence-electron chi connectivity index (χ3n) is 3.62. The molecule has 116 valence electrons. The van der Waals surface area contributed by atoms with Gasteiger partial charge < -0.3 is 9.47 Å². The molecule has 0 aliphatic rings. The molecule has 2 aromatic carbocycles. The first kappa shape index (κ1) is 15.1. The van der Waals surface area contributed by atoms with Gasteiger partial charge in [0.05, 0.1) is 7.11 Å². The molecule has 0 saturated heterocycles. The lowest BCUT2D eigenvalue weighted by Gasteiger charge is -2.11. The van der Waals surface area contributed by atoms with Crippen LogP contribution in [0.15, 0.2) is 67.0 Å². The molecular formula is C20H19NO2. The third kappa shape index (κ3) is 3.69. The molecular weight excluding hydrogens is 286 g/mol. The maximum Gasteiger partial charge on any atom is 0.161 e. The Hall–Kier alpha value is -2.81. The van der Waals surface area contributed by atoms with Gasteiger partial charge in [-0.3, -0.25) is 4.98 Å². The number of hydrogen-bond donors (Lipinski definition) is 0. The molecule has 0 bridgehead atoms. The first-order valence-electron chi connectivity index (χ1n) is 7.53. The Balaban J connectivity index is 1.77.